The Labute approximate surface area is 369 Å². The van der Waals surface area contributed by atoms with Gasteiger partial charge in [-0.05, 0) is 78.9 Å². The summed E-state index contributed by atoms with van der Waals surface area (Å²) < 4.78 is 6.98. The minimum absolute atomic E-state index is 0.852. The van der Waals surface area contributed by atoms with Crippen molar-refractivity contribution < 1.29 is 4.42 Å². The highest BCUT2D eigenvalue weighted by Gasteiger charge is 2.41. The summed E-state index contributed by atoms with van der Waals surface area (Å²) in [6, 6.07) is 94.5. The second-order valence-electron chi connectivity index (χ2n) is 16.0. The smallest absolute Gasteiger partial charge is 0.179 e. The molecule has 0 unspecified atom stereocenters. The summed E-state index contributed by atoms with van der Waals surface area (Å²) >= 11 is 0. The molecule has 0 aliphatic heterocycles. The summed E-state index contributed by atoms with van der Waals surface area (Å²) in [4.78, 5) is 2.33. The van der Waals surface area contributed by atoms with Crippen LogP contribution in [0.25, 0.3) is 55.3 Å². The number of fused-ring (bicyclic) bond motifs is 3. The van der Waals surface area contributed by atoms with Gasteiger partial charge in [-0.15, -0.1) is 0 Å². The molecule has 0 fully saturated rings. The van der Waals surface area contributed by atoms with Gasteiger partial charge in [-0.1, -0.05) is 231 Å². The Morgan fingerprint density at radius 1 is 0.270 bits per heavy atom. The van der Waals surface area contributed by atoms with Gasteiger partial charge in [-0.2, -0.15) is 0 Å². The lowest BCUT2D eigenvalue weighted by Crippen LogP contribution is -2.74. The van der Waals surface area contributed by atoms with Gasteiger partial charge in [0.1, 0.15) is 5.58 Å². The predicted molar refractivity (Wildman–Crippen MR) is 268 cm³/mol. The molecule has 0 saturated heterocycles. The van der Waals surface area contributed by atoms with Gasteiger partial charge in [-0.3, -0.25) is 0 Å². The van der Waals surface area contributed by atoms with Crippen LogP contribution >= 0.6 is 0 Å². The maximum Gasteiger partial charge on any atom is 0.179 e. The van der Waals surface area contributed by atoms with E-state index in [0.717, 1.165) is 55.7 Å². The normalized spacial score (nSPS) is 11.5. The maximum atomic E-state index is 6.98. The Morgan fingerprint density at radius 2 is 0.635 bits per heavy atom. The summed E-state index contributed by atoms with van der Waals surface area (Å²) in [6.45, 7) is 0. The molecule has 0 saturated carbocycles. The van der Waals surface area contributed by atoms with E-state index in [2.05, 4.69) is 266 Å². The number of hydrogen-bond acceptors (Lipinski definition) is 2. The molecular weight excluding hydrogens is 779 g/mol. The Morgan fingerprint density at radius 3 is 1.11 bits per heavy atom. The molecule has 0 radical (unpaired) electrons. The molecule has 0 spiro atoms. The molecule has 0 aliphatic rings. The van der Waals surface area contributed by atoms with Gasteiger partial charge < -0.3 is 9.32 Å². The van der Waals surface area contributed by atoms with Crippen molar-refractivity contribution in [2.24, 2.45) is 0 Å². The van der Waals surface area contributed by atoms with Crippen LogP contribution in [-0.4, -0.2) is 8.07 Å². The van der Waals surface area contributed by atoms with E-state index in [9.17, 15) is 0 Å². The molecule has 3 heteroatoms. The van der Waals surface area contributed by atoms with Crippen LogP contribution in [0.5, 0.6) is 0 Å². The Bertz CT molecular complexity index is 3180. The third-order valence-corrected chi connectivity index (χ3v) is 17.3. The molecule has 11 rings (SSSR count). The number of rotatable bonds is 10. The molecule has 10 aromatic carbocycles. The van der Waals surface area contributed by atoms with Crippen LogP contribution in [0.3, 0.4) is 0 Å². The number of para-hydroxylation sites is 2. The standard InChI is InChI=1S/C60H43NOSi/c1-6-18-44(19-7-1)45-32-38-49(39-33-45)61(58-31-17-30-57-56-29-16-28-55(59(56)62-60(57)58)48-20-8-2-9-21-48)50-40-34-46(35-41-50)47-36-42-54(43-37-47)63(51-22-10-3-11-23-51,52-24-12-4-13-25-52)53-26-14-5-15-27-53/h1-43H. The highest BCUT2D eigenvalue weighted by atomic mass is 28.3. The first-order valence-electron chi connectivity index (χ1n) is 21.6. The monoisotopic (exact) mass is 821 g/mol. The van der Waals surface area contributed by atoms with Crippen molar-refractivity contribution >= 4 is 67.8 Å². The first kappa shape index (κ1) is 38.0. The molecule has 0 atom stereocenters. The number of nitrogens with zero attached hydrogens (tertiary/aromatic N) is 1. The van der Waals surface area contributed by atoms with Gasteiger partial charge in [0.15, 0.2) is 13.7 Å². The van der Waals surface area contributed by atoms with E-state index in [1.807, 2.05) is 0 Å². The highest BCUT2D eigenvalue weighted by Crippen LogP contribution is 2.44. The Hall–Kier alpha value is -7.98. The van der Waals surface area contributed by atoms with Crippen molar-refractivity contribution in [3.63, 3.8) is 0 Å². The largest absolute Gasteiger partial charge is 0.453 e. The van der Waals surface area contributed by atoms with E-state index >= 15 is 0 Å². The van der Waals surface area contributed by atoms with Gasteiger partial charge in [0, 0.05) is 27.7 Å². The zero-order chi connectivity index (χ0) is 42.0. The summed E-state index contributed by atoms with van der Waals surface area (Å²) in [7, 11) is -2.62. The molecule has 1 heterocycles. The first-order valence-corrected chi connectivity index (χ1v) is 23.6. The first-order chi connectivity index (χ1) is 31.3. The molecule has 1 aromatic heterocycles. The second kappa shape index (κ2) is 16.5. The lowest BCUT2D eigenvalue weighted by Gasteiger charge is -2.34. The van der Waals surface area contributed by atoms with E-state index < -0.39 is 8.07 Å². The van der Waals surface area contributed by atoms with Crippen LogP contribution in [0.4, 0.5) is 17.1 Å². The van der Waals surface area contributed by atoms with Gasteiger partial charge >= 0.3 is 0 Å². The van der Waals surface area contributed by atoms with Crippen molar-refractivity contribution in [1.82, 2.24) is 0 Å². The van der Waals surface area contributed by atoms with E-state index in [0.29, 0.717) is 0 Å². The number of anilines is 3. The van der Waals surface area contributed by atoms with Crippen LogP contribution in [0.2, 0.25) is 0 Å². The zero-order valence-electron chi connectivity index (χ0n) is 34.7. The van der Waals surface area contributed by atoms with Crippen LogP contribution in [-0.2, 0) is 0 Å². The number of benzene rings is 10. The summed E-state index contributed by atoms with van der Waals surface area (Å²) in [5.41, 5.74) is 11.7. The summed E-state index contributed by atoms with van der Waals surface area (Å²) in [5.74, 6) is 0. The average Bonchev–Trinajstić information content (AvgIpc) is 3.76. The minimum Gasteiger partial charge on any atom is -0.453 e. The topological polar surface area (TPSA) is 16.4 Å². The van der Waals surface area contributed by atoms with Crippen LogP contribution in [0.1, 0.15) is 0 Å². The Kier molecular flexibility index (Phi) is 9.93. The van der Waals surface area contributed by atoms with Crippen molar-refractivity contribution in [3.8, 4) is 33.4 Å². The molecular formula is C60H43NOSi. The molecule has 0 aliphatic carbocycles. The zero-order valence-corrected chi connectivity index (χ0v) is 35.7. The third-order valence-electron chi connectivity index (χ3n) is 12.5. The molecule has 63 heavy (non-hydrogen) atoms. The third kappa shape index (κ3) is 6.86. The molecule has 11 aromatic rings. The maximum absolute atomic E-state index is 6.98. The van der Waals surface area contributed by atoms with Gasteiger partial charge in [0.25, 0.3) is 0 Å². The fraction of sp³-hybridized carbons (Fsp3) is 0. The lowest BCUT2D eigenvalue weighted by molar-refractivity contribution is 0.670. The predicted octanol–water partition coefficient (Wildman–Crippen LogP) is 13.4. The van der Waals surface area contributed by atoms with Crippen molar-refractivity contribution in [3.05, 3.63) is 261 Å². The minimum atomic E-state index is -2.62. The average molecular weight is 822 g/mol. The second-order valence-corrected chi connectivity index (χ2v) is 19.8. The number of furan rings is 1. The molecule has 298 valence electrons. The van der Waals surface area contributed by atoms with Crippen LogP contribution < -0.4 is 25.6 Å². The van der Waals surface area contributed by atoms with E-state index in [-0.39, 0.29) is 0 Å². The van der Waals surface area contributed by atoms with Crippen molar-refractivity contribution in [2.75, 3.05) is 4.90 Å². The molecule has 0 bridgehead atoms. The van der Waals surface area contributed by atoms with E-state index in [1.54, 1.807) is 0 Å². The van der Waals surface area contributed by atoms with Crippen molar-refractivity contribution in [2.45, 2.75) is 0 Å². The van der Waals surface area contributed by atoms with Crippen LogP contribution in [0.15, 0.2) is 265 Å². The fourth-order valence-corrected chi connectivity index (χ4v) is 14.2. The fourth-order valence-electron chi connectivity index (χ4n) is 9.47. The SMILES string of the molecule is c1ccc(-c2ccc(N(c3ccc(-c4ccc([Si](c5ccccc5)(c5ccccc5)c5ccccc5)cc4)cc3)c3cccc4c3oc3c(-c5ccccc5)cccc34)cc2)cc1. The number of hydrogen-bond donors (Lipinski definition) is 0. The van der Waals surface area contributed by atoms with Gasteiger partial charge in [-0.25, -0.2) is 0 Å². The summed E-state index contributed by atoms with van der Waals surface area (Å²) in [5, 5.41) is 7.65. The Balaban J connectivity index is 1.01. The van der Waals surface area contributed by atoms with Gasteiger partial charge in [0.05, 0.1) is 5.69 Å². The lowest BCUT2D eigenvalue weighted by atomic mass is 10.0. The molecule has 0 N–H and O–H groups in total. The summed E-state index contributed by atoms with van der Waals surface area (Å²) in [6.07, 6.45) is 0. The quantitative estimate of drug-likeness (QED) is 0.101. The van der Waals surface area contributed by atoms with Crippen LogP contribution in [0, 0.1) is 0 Å². The molecule has 2 nitrogen and oxygen atoms in total. The van der Waals surface area contributed by atoms with Crippen molar-refractivity contribution in [1.29, 1.82) is 0 Å². The van der Waals surface area contributed by atoms with E-state index in [1.165, 1.54) is 37.4 Å². The highest BCUT2D eigenvalue weighted by molar-refractivity contribution is 7.19. The van der Waals surface area contributed by atoms with E-state index in [4.69, 9.17) is 4.42 Å². The molecule has 0 amide bonds. The van der Waals surface area contributed by atoms with Gasteiger partial charge in [0.2, 0.25) is 0 Å².